The van der Waals surface area contributed by atoms with Crippen molar-refractivity contribution in [2.75, 3.05) is 5.32 Å². The van der Waals surface area contributed by atoms with Crippen molar-refractivity contribution in [2.24, 2.45) is 0 Å². The van der Waals surface area contributed by atoms with Gasteiger partial charge in [-0.3, -0.25) is 4.40 Å². The van der Waals surface area contributed by atoms with Gasteiger partial charge in [0.15, 0.2) is 4.96 Å². The first-order chi connectivity index (χ1) is 9.97. The van der Waals surface area contributed by atoms with Crippen LogP contribution in [0, 0.1) is 13.8 Å². The summed E-state index contributed by atoms with van der Waals surface area (Å²) in [5, 5.41) is 6.61. The Bertz CT molecular complexity index is 802. The fourth-order valence-electron chi connectivity index (χ4n) is 2.26. The molecule has 0 aliphatic carbocycles. The summed E-state index contributed by atoms with van der Waals surface area (Å²) in [6, 6.07) is 3.65. The van der Waals surface area contributed by atoms with Crippen molar-refractivity contribution in [1.82, 2.24) is 9.38 Å². The molecule has 7 heteroatoms. The van der Waals surface area contributed by atoms with Crippen molar-refractivity contribution in [1.29, 1.82) is 0 Å². The van der Waals surface area contributed by atoms with Crippen LogP contribution in [0.5, 0.6) is 0 Å². The summed E-state index contributed by atoms with van der Waals surface area (Å²) in [6.07, 6.45) is 0. The number of fused-ring (bicyclic) bond motifs is 1. The largest absolute Gasteiger partial charge is 0.377 e. The number of rotatable bonds is 3. The molecular formula is C14H12BrCl2N3S. The van der Waals surface area contributed by atoms with Crippen molar-refractivity contribution in [3.8, 4) is 0 Å². The lowest BCUT2D eigenvalue weighted by Gasteiger charge is -2.11. The van der Waals surface area contributed by atoms with Crippen LogP contribution in [0.3, 0.4) is 0 Å². The van der Waals surface area contributed by atoms with Gasteiger partial charge in [0.05, 0.1) is 33.7 Å². The zero-order chi connectivity index (χ0) is 15.1. The average molecular weight is 405 g/mol. The maximum Gasteiger partial charge on any atom is 0.194 e. The molecule has 0 spiro atoms. The molecule has 0 amide bonds. The number of nitrogens with zero attached hydrogens (tertiary/aromatic N) is 2. The van der Waals surface area contributed by atoms with Crippen LogP contribution < -0.4 is 5.32 Å². The molecule has 0 bridgehead atoms. The number of benzene rings is 1. The Morgan fingerprint density at radius 2 is 1.95 bits per heavy atom. The summed E-state index contributed by atoms with van der Waals surface area (Å²) in [5.41, 5.74) is 4.06. The third kappa shape index (κ3) is 2.80. The Kier molecular flexibility index (Phi) is 4.19. The SMILES string of the molecule is Cc1nc2scc(C)n2c1CNc1c(Cl)cc(Br)cc1Cl. The first-order valence-corrected chi connectivity index (χ1v) is 8.70. The number of aryl methyl sites for hydroxylation is 2. The van der Waals surface area contributed by atoms with Crippen LogP contribution in [0.1, 0.15) is 17.1 Å². The molecule has 0 aliphatic heterocycles. The van der Waals surface area contributed by atoms with E-state index in [9.17, 15) is 0 Å². The number of aromatic nitrogens is 2. The molecule has 1 aromatic carbocycles. The minimum Gasteiger partial charge on any atom is -0.377 e. The lowest BCUT2D eigenvalue weighted by Crippen LogP contribution is -2.05. The van der Waals surface area contributed by atoms with E-state index in [4.69, 9.17) is 23.2 Å². The van der Waals surface area contributed by atoms with Crippen LogP contribution in [0.15, 0.2) is 22.0 Å². The van der Waals surface area contributed by atoms with Gasteiger partial charge in [0.2, 0.25) is 0 Å². The predicted molar refractivity (Wildman–Crippen MR) is 94.0 cm³/mol. The van der Waals surface area contributed by atoms with Crippen LogP contribution in [-0.2, 0) is 6.54 Å². The monoisotopic (exact) mass is 403 g/mol. The molecule has 0 saturated carbocycles. The van der Waals surface area contributed by atoms with E-state index in [1.165, 1.54) is 5.69 Å². The number of halogens is 3. The van der Waals surface area contributed by atoms with E-state index >= 15 is 0 Å². The smallest absolute Gasteiger partial charge is 0.194 e. The Morgan fingerprint density at radius 1 is 1.29 bits per heavy atom. The second kappa shape index (κ2) is 5.80. The number of hydrogen-bond donors (Lipinski definition) is 1. The molecule has 2 aromatic heterocycles. The summed E-state index contributed by atoms with van der Waals surface area (Å²) in [4.78, 5) is 5.58. The Labute approximate surface area is 145 Å². The van der Waals surface area contributed by atoms with E-state index in [1.54, 1.807) is 11.3 Å². The second-order valence-electron chi connectivity index (χ2n) is 4.74. The third-order valence-corrected chi connectivity index (χ3v) is 5.27. The van der Waals surface area contributed by atoms with Crippen LogP contribution in [-0.4, -0.2) is 9.38 Å². The topological polar surface area (TPSA) is 29.3 Å². The number of imidazole rings is 1. The summed E-state index contributed by atoms with van der Waals surface area (Å²) in [6.45, 7) is 4.71. The highest BCUT2D eigenvalue weighted by Crippen LogP contribution is 2.34. The first-order valence-electron chi connectivity index (χ1n) is 6.28. The highest BCUT2D eigenvalue weighted by atomic mass is 79.9. The van der Waals surface area contributed by atoms with Crippen molar-refractivity contribution in [3.05, 3.63) is 49.1 Å². The number of nitrogens with one attached hydrogen (secondary N) is 1. The number of thiazole rings is 1. The van der Waals surface area contributed by atoms with Crippen molar-refractivity contribution >= 4 is 61.1 Å². The highest BCUT2D eigenvalue weighted by Gasteiger charge is 2.13. The van der Waals surface area contributed by atoms with Gasteiger partial charge in [-0.15, -0.1) is 11.3 Å². The molecule has 1 N–H and O–H groups in total. The van der Waals surface area contributed by atoms with Gasteiger partial charge in [-0.1, -0.05) is 39.1 Å². The van der Waals surface area contributed by atoms with Gasteiger partial charge in [-0.05, 0) is 26.0 Å². The Morgan fingerprint density at radius 3 is 2.62 bits per heavy atom. The molecule has 110 valence electrons. The normalized spacial score (nSPS) is 11.3. The molecule has 3 nitrogen and oxygen atoms in total. The lowest BCUT2D eigenvalue weighted by atomic mass is 10.3. The Hall–Kier alpha value is -0.750. The summed E-state index contributed by atoms with van der Waals surface area (Å²) in [5.74, 6) is 0. The van der Waals surface area contributed by atoms with E-state index in [2.05, 4.69) is 42.9 Å². The zero-order valence-electron chi connectivity index (χ0n) is 11.4. The van der Waals surface area contributed by atoms with Gasteiger partial charge in [-0.25, -0.2) is 4.98 Å². The second-order valence-corrected chi connectivity index (χ2v) is 7.30. The molecule has 0 unspecified atom stereocenters. The fourth-order valence-corrected chi connectivity index (χ4v) is 4.53. The van der Waals surface area contributed by atoms with Gasteiger partial charge >= 0.3 is 0 Å². The highest BCUT2D eigenvalue weighted by molar-refractivity contribution is 9.10. The quantitative estimate of drug-likeness (QED) is 0.607. The predicted octanol–water partition coefficient (Wildman–Crippen LogP) is 5.69. The van der Waals surface area contributed by atoms with Gasteiger partial charge in [0.1, 0.15) is 0 Å². The molecule has 0 atom stereocenters. The average Bonchev–Trinajstić information content (AvgIpc) is 2.89. The maximum absolute atomic E-state index is 6.25. The molecule has 0 radical (unpaired) electrons. The third-order valence-electron chi connectivity index (χ3n) is 3.27. The van der Waals surface area contributed by atoms with Crippen molar-refractivity contribution < 1.29 is 0 Å². The first kappa shape index (κ1) is 15.2. The number of hydrogen-bond acceptors (Lipinski definition) is 3. The summed E-state index contributed by atoms with van der Waals surface area (Å²) < 4.78 is 3.02. The van der Waals surface area contributed by atoms with Gasteiger partial charge < -0.3 is 5.32 Å². The van der Waals surface area contributed by atoms with E-state index in [0.29, 0.717) is 16.6 Å². The standard InChI is InChI=1S/C14H12BrCl2N3S/c1-7-6-21-14-19-8(2)12(20(7)14)5-18-13-10(16)3-9(15)4-11(13)17/h3-4,6,18H,5H2,1-2H3. The lowest BCUT2D eigenvalue weighted by molar-refractivity contribution is 0.966. The minimum atomic E-state index is 0.592. The van der Waals surface area contributed by atoms with E-state index in [-0.39, 0.29) is 0 Å². The minimum absolute atomic E-state index is 0.592. The summed E-state index contributed by atoms with van der Waals surface area (Å²) >= 11 is 17.5. The number of anilines is 1. The molecular weight excluding hydrogens is 393 g/mol. The summed E-state index contributed by atoms with van der Waals surface area (Å²) in [7, 11) is 0. The fraction of sp³-hybridized carbons (Fsp3) is 0.214. The molecule has 21 heavy (non-hydrogen) atoms. The van der Waals surface area contributed by atoms with Gasteiger partial charge in [0, 0.05) is 15.5 Å². The molecule has 3 aromatic rings. The van der Waals surface area contributed by atoms with E-state index in [0.717, 1.165) is 26.5 Å². The zero-order valence-corrected chi connectivity index (χ0v) is 15.3. The molecule has 0 fully saturated rings. The van der Waals surface area contributed by atoms with Crippen LogP contribution in [0.4, 0.5) is 5.69 Å². The van der Waals surface area contributed by atoms with Gasteiger partial charge in [0.25, 0.3) is 0 Å². The van der Waals surface area contributed by atoms with Crippen LogP contribution in [0.25, 0.3) is 4.96 Å². The maximum atomic E-state index is 6.25. The van der Waals surface area contributed by atoms with Gasteiger partial charge in [-0.2, -0.15) is 0 Å². The molecule has 0 aliphatic rings. The molecule has 0 saturated heterocycles. The van der Waals surface area contributed by atoms with Crippen LogP contribution in [0.2, 0.25) is 10.0 Å². The molecule has 2 heterocycles. The van der Waals surface area contributed by atoms with Crippen molar-refractivity contribution in [2.45, 2.75) is 20.4 Å². The van der Waals surface area contributed by atoms with Crippen LogP contribution >= 0.6 is 50.5 Å². The Balaban J connectivity index is 1.94. The van der Waals surface area contributed by atoms with E-state index < -0.39 is 0 Å². The van der Waals surface area contributed by atoms with Crippen molar-refractivity contribution in [3.63, 3.8) is 0 Å². The van der Waals surface area contributed by atoms with E-state index in [1.807, 2.05) is 19.1 Å². The molecule has 3 rings (SSSR count).